The maximum atomic E-state index is 13.9. The van der Waals surface area contributed by atoms with Gasteiger partial charge in [-0.25, -0.2) is 4.39 Å². The van der Waals surface area contributed by atoms with Gasteiger partial charge in [0.1, 0.15) is 5.82 Å². The summed E-state index contributed by atoms with van der Waals surface area (Å²) >= 11 is 7.99. The Bertz CT molecular complexity index is 574. The SMILES string of the molecule is Fc1ccccc1C(CCl)CC1Cc2ccccc2S1. The van der Waals surface area contributed by atoms with Crippen LogP contribution < -0.4 is 0 Å². The number of halogens is 2. The molecule has 0 nitrogen and oxygen atoms in total. The first-order chi connectivity index (χ1) is 9.78. The van der Waals surface area contributed by atoms with E-state index in [1.165, 1.54) is 16.5 Å². The van der Waals surface area contributed by atoms with Gasteiger partial charge in [-0.05, 0) is 36.1 Å². The fourth-order valence-corrected chi connectivity index (χ4v) is 4.48. The Hall–Kier alpha value is -0.990. The van der Waals surface area contributed by atoms with Crippen LogP contribution in [0.2, 0.25) is 0 Å². The lowest BCUT2D eigenvalue weighted by atomic mass is 9.93. The van der Waals surface area contributed by atoms with E-state index in [0.29, 0.717) is 11.1 Å². The zero-order valence-corrected chi connectivity index (χ0v) is 12.6. The smallest absolute Gasteiger partial charge is 0.126 e. The second kappa shape index (κ2) is 6.19. The Morgan fingerprint density at radius 3 is 2.65 bits per heavy atom. The molecule has 0 aromatic heterocycles. The van der Waals surface area contributed by atoms with Crippen molar-refractivity contribution in [1.29, 1.82) is 0 Å². The van der Waals surface area contributed by atoms with Crippen molar-refractivity contribution < 1.29 is 4.39 Å². The van der Waals surface area contributed by atoms with Gasteiger partial charge >= 0.3 is 0 Å². The molecule has 0 amide bonds. The summed E-state index contributed by atoms with van der Waals surface area (Å²) in [5.74, 6) is 0.414. The molecule has 1 heterocycles. The predicted octanol–water partition coefficient (Wildman–Crippen LogP) is 5.26. The maximum absolute atomic E-state index is 13.9. The molecule has 104 valence electrons. The summed E-state index contributed by atoms with van der Waals surface area (Å²) in [4.78, 5) is 1.36. The van der Waals surface area contributed by atoms with Gasteiger partial charge in [-0.3, -0.25) is 0 Å². The van der Waals surface area contributed by atoms with Gasteiger partial charge < -0.3 is 0 Å². The van der Waals surface area contributed by atoms with Crippen LogP contribution in [0.5, 0.6) is 0 Å². The van der Waals surface area contributed by atoms with E-state index in [4.69, 9.17) is 11.6 Å². The first kappa shape index (κ1) is 14.0. The van der Waals surface area contributed by atoms with Gasteiger partial charge in [-0.15, -0.1) is 23.4 Å². The molecule has 3 rings (SSSR count). The van der Waals surface area contributed by atoms with Crippen LogP contribution in [0.3, 0.4) is 0 Å². The van der Waals surface area contributed by atoms with E-state index in [1.807, 2.05) is 23.9 Å². The third-order valence-electron chi connectivity index (χ3n) is 3.79. The predicted molar refractivity (Wildman–Crippen MR) is 84.3 cm³/mol. The van der Waals surface area contributed by atoms with Crippen molar-refractivity contribution in [2.45, 2.75) is 28.9 Å². The van der Waals surface area contributed by atoms with Crippen LogP contribution >= 0.6 is 23.4 Å². The average Bonchev–Trinajstić information content (AvgIpc) is 2.88. The van der Waals surface area contributed by atoms with Crippen LogP contribution in [-0.4, -0.2) is 11.1 Å². The van der Waals surface area contributed by atoms with Gasteiger partial charge in [0.2, 0.25) is 0 Å². The quantitative estimate of drug-likeness (QED) is 0.695. The molecule has 0 spiro atoms. The molecule has 0 aliphatic carbocycles. The van der Waals surface area contributed by atoms with E-state index in [2.05, 4.69) is 24.3 Å². The third kappa shape index (κ3) is 2.87. The minimum absolute atomic E-state index is 0.0877. The van der Waals surface area contributed by atoms with E-state index >= 15 is 0 Å². The highest BCUT2D eigenvalue weighted by atomic mass is 35.5. The molecule has 2 atom stereocenters. The monoisotopic (exact) mass is 306 g/mol. The second-order valence-electron chi connectivity index (χ2n) is 5.16. The van der Waals surface area contributed by atoms with Crippen molar-refractivity contribution in [3.63, 3.8) is 0 Å². The summed E-state index contributed by atoms with van der Waals surface area (Å²) in [6.07, 6.45) is 1.98. The first-order valence-electron chi connectivity index (χ1n) is 6.83. The minimum Gasteiger partial charge on any atom is -0.207 e. The highest BCUT2D eigenvalue weighted by Crippen LogP contribution is 2.41. The zero-order valence-electron chi connectivity index (χ0n) is 11.1. The molecular weight excluding hydrogens is 291 g/mol. The highest BCUT2D eigenvalue weighted by molar-refractivity contribution is 8.00. The summed E-state index contributed by atoms with van der Waals surface area (Å²) in [7, 11) is 0. The van der Waals surface area contributed by atoms with Crippen LogP contribution in [0.4, 0.5) is 4.39 Å². The van der Waals surface area contributed by atoms with Crippen molar-refractivity contribution in [1.82, 2.24) is 0 Å². The number of rotatable bonds is 4. The molecule has 0 saturated carbocycles. The van der Waals surface area contributed by atoms with Gasteiger partial charge in [0.15, 0.2) is 0 Å². The van der Waals surface area contributed by atoms with Crippen molar-refractivity contribution in [2.24, 2.45) is 0 Å². The van der Waals surface area contributed by atoms with Crippen molar-refractivity contribution in [2.75, 3.05) is 5.88 Å². The molecule has 2 aromatic carbocycles. The molecule has 0 N–H and O–H groups in total. The summed E-state index contributed by atoms with van der Waals surface area (Å²) in [6, 6.07) is 15.5. The van der Waals surface area contributed by atoms with E-state index in [0.717, 1.165) is 18.4 Å². The van der Waals surface area contributed by atoms with Crippen LogP contribution in [-0.2, 0) is 6.42 Å². The molecule has 0 saturated heterocycles. The summed E-state index contributed by atoms with van der Waals surface area (Å²) in [5, 5.41) is 0.496. The summed E-state index contributed by atoms with van der Waals surface area (Å²) in [5.41, 5.74) is 2.16. The van der Waals surface area contributed by atoms with Crippen molar-refractivity contribution in [3.8, 4) is 0 Å². The van der Waals surface area contributed by atoms with Gasteiger partial charge in [-0.2, -0.15) is 0 Å². The third-order valence-corrected chi connectivity index (χ3v) is 5.51. The highest BCUT2D eigenvalue weighted by Gasteiger charge is 2.26. The average molecular weight is 307 g/mol. The van der Waals surface area contributed by atoms with Crippen LogP contribution in [0, 0.1) is 5.82 Å². The van der Waals surface area contributed by atoms with Gasteiger partial charge in [0.25, 0.3) is 0 Å². The van der Waals surface area contributed by atoms with E-state index in [-0.39, 0.29) is 11.7 Å². The Balaban J connectivity index is 1.73. The molecule has 0 fully saturated rings. The molecule has 0 radical (unpaired) electrons. The van der Waals surface area contributed by atoms with E-state index in [1.54, 1.807) is 6.07 Å². The molecule has 20 heavy (non-hydrogen) atoms. The zero-order chi connectivity index (χ0) is 13.9. The van der Waals surface area contributed by atoms with Crippen molar-refractivity contribution in [3.05, 3.63) is 65.5 Å². The van der Waals surface area contributed by atoms with Crippen molar-refractivity contribution >= 4 is 23.4 Å². The van der Waals surface area contributed by atoms with Gasteiger partial charge in [0, 0.05) is 21.9 Å². The second-order valence-corrected chi connectivity index (χ2v) is 6.81. The lowest BCUT2D eigenvalue weighted by molar-refractivity contribution is 0.571. The number of hydrogen-bond acceptors (Lipinski definition) is 1. The lowest BCUT2D eigenvalue weighted by Gasteiger charge is -2.18. The van der Waals surface area contributed by atoms with Crippen LogP contribution in [0.15, 0.2) is 53.4 Å². The Morgan fingerprint density at radius 2 is 1.90 bits per heavy atom. The molecule has 2 aromatic rings. The molecule has 2 unspecified atom stereocenters. The molecule has 1 aliphatic heterocycles. The number of benzene rings is 2. The first-order valence-corrected chi connectivity index (χ1v) is 8.24. The summed E-state index contributed by atoms with van der Waals surface area (Å²) in [6.45, 7) is 0. The minimum atomic E-state index is -0.140. The number of fused-ring (bicyclic) bond motifs is 1. The molecule has 1 aliphatic rings. The van der Waals surface area contributed by atoms with Gasteiger partial charge in [0.05, 0.1) is 0 Å². The van der Waals surface area contributed by atoms with Gasteiger partial charge in [-0.1, -0.05) is 36.4 Å². The maximum Gasteiger partial charge on any atom is 0.126 e. The largest absolute Gasteiger partial charge is 0.207 e. The lowest BCUT2D eigenvalue weighted by Crippen LogP contribution is -2.11. The van der Waals surface area contributed by atoms with E-state index < -0.39 is 0 Å². The molecular formula is C17H16ClFS. The van der Waals surface area contributed by atoms with Crippen LogP contribution in [0.1, 0.15) is 23.5 Å². The molecule has 3 heteroatoms. The standard InChI is InChI=1S/C17H16ClFS/c18-11-13(15-6-2-3-7-16(15)19)10-14-9-12-5-1-4-8-17(12)20-14/h1-8,13-14H,9-11H2. The summed E-state index contributed by atoms with van der Waals surface area (Å²) < 4.78 is 13.9. The Labute approximate surface area is 128 Å². The number of alkyl halides is 1. The fraction of sp³-hybridized carbons (Fsp3) is 0.294. The topological polar surface area (TPSA) is 0 Å². The van der Waals surface area contributed by atoms with E-state index in [9.17, 15) is 4.39 Å². The number of thioether (sulfide) groups is 1. The van der Waals surface area contributed by atoms with Crippen LogP contribution in [0.25, 0.3) is 0 Å². The number of hydrogen-bond donors (Lipinski definition) is 0. The Kier molecular flexibility index (Phi) is 4.32. The fourth-order valence-electron chi connectivity index (χ4n) is 2.78. The Morgan fingerprint density at radius 1 is 1.15 bits per heavy atom. The normalized spacial score (nSPS) is 18.8. The molecule has 0 bridgehead atoms.